The second-order valence-electron chi connectivity index (χ2n) is 2.45. The van der Waals surface area contributed by atoms with E-state index in [1.165, 1.54) is 6.39 Å². The Morgan fingerprint density at radius 2 is 2.42 bits per heavy atom. The molecule has 0 fully saturated rings. The van der Waals surface area contributed by atoms with Crippen LogP contribution in [0, 0.1) is 6.92 Å². The lowest BCUT2D eigenvalue weighted by molar-refractivity contribution is 0.0994. The molecule has 0 aromatic carbocycles. The first-order chi connectivity index (χ1) is 5.93. The lowest BCUT2D eigenvalue weighted by Crippen LogP contribution is -1.95. The highest BCUT2D eigenvalue weighted by Gasteiger charge is 1.96. The van der Waals surface area contributed by atoms with Crippen molar-refractivity contribution >= 4 is 0 Å². The maximum Gasteiger partial charge on any atom is 0.241 e. The van der Waals surface area contributed by atoms with Crippen molar-refractivity contribution in [1.29, 1.82) is 0 Å². The SMILES string of the molecule is [CH2]CCCCOCc1nnco1. The number of rotatable bonds is 6. The van der Waals surface area contributed by atoms with Gasteiger partial charge in [-0.3, -0.25) is 0 Å². The van der Waals surface area contributed by atoms with Gasteiger partial charge in [0.1, 0.15) is 6.61 Å². The van der Waals surface area contributed by atoms with E-state index in [-0.39, 0.29) is 0 Å². The zero-order valence-electron chi connectivity index (χ0n) is 7.03. The molecule has 1 aromatic rings. The zero-order chi connectivity index (χ0) is 8.65. The molecular formula is C8H13N2O2. The molecule has 0 aliphatic carbocycles. The first kappa shape index (κ1) is 9.19. The molecule has 67 valence electrons. The van der Waals surface area contributed by atoms with E-state index < -0.39 is 0 Å². The van der Waals surface area contributed by atoms with Crippen LogP contribution in [0.4, 0.5) is 0 Å². The predicted molar refractivity (Wildman–Crippen MR) is 43.2 cm³/mol. The third-order valence-corrected chi connectivity index (χ3v) is 1.42. The van der Waals surface area contributed by atoms with Crippen LogP contribution in [0.5, 0.6) is 0 Å². The summed E-state index contributed by atoms with van der Waals surface area (Å²) in [6.45, 7) is 4.88. The minimum atomic E-state index is 0.414. The second-order valence-corrected chi connectivity index (χ2v) is 2.45. The fraction of sp³-hybridized carbons (Fsp3) is 0.625. The van der Waals surface area contributed by atoms with E-state index in [2.05, 4.69) is 17.1 Å². The van der Waals surface area contributed by atoms with Gasteiger partial charge in [-0.1, -0.05) is 19.8 Å². The molecule has 1 radical (unpaired) electrons. The molecule has 0 aliphatic rings. The summed E-state index contributed by atoms with van der Waals surface area (Å²) in [5, 5.41) is 7.21. The van der Waals surface area contributed by atoms with Gasteiger partial charge in [0.15, 0.2) is 0 Å². The number of unbranched alkanes of at least 4 members (excludes halogenated alkanes) is 2. The Morgan fingerprint density at radius 1 is 1.50 bits per heavy atom. The molecule has 1 heterocycles. The standard InChI is InChI=1S/C8H13N2O2/c1-2-3-4-5-11-6-8-10-9-7-12-8/h7H,1-6H2. The van der Waals surface area contributed by atoms with Crippen LogP contribution in [0.25, 0.3) is 0 Å². The van der Waals surface area contributed by atoms with Gasteiger partial charge < -0.3 is 9.15 Å². The van der Waals surface area contributed by atoms with Crippen LogP contribution in [0.1, 0.15) is 25.2 Å². The van der Waals surface area contributed by atoms with E-state index in [1.54, 1.807) is 0 Å². The quantitative estimate of drug-likeness (QED) is 0.607. The smallest absolute Gasteiger partial charge is 0.241 e. The Kier molecular flexibility index (Phi) is 4.37. The number of hydrogen-bond acceptors (Lipinski definition) is 4. The molecule has 4 nitrogen and oxygen atoms in total. The van der Waals surface area contributed by atoms with Gasteiger partial charge in [-0.2, -0.15) is 0 Å². The molecule has 4 heteroatoms. The Balaban J connectivity index is 1.96. The lowest BCUT2D eigenvalue weighted by Gasteiger charge is -1.98. The fourth-order valence-electron chi connectivity index (χ4n) is 0.799. The van der Waals surface area contributed by atoms with Crippen molar-refractivity contribution in [2.45, 2.75) is 25.9 Å². The molecule has 0 bridgehead atoms. The number of nitrogens with zero attached hydrogens (tertiary/aromatic N) is 2. The summed E-state index contributed by atoms with van der Waals surface area (Å²) in [7, 11) is 0. The molecule has 1 rings (SSSR count). The molecule has 0 unspecified atom stereocenters. The van der Waals surface area contributed by atoms with E-state index in [1.807, 2.05) is 0 Å². The van der Waals surface area contributed by atoms with Crippen molar-refractivity contribution < 1.29 is 9.15 Å². The van der Waals surface area contributed by atoms with Gasteiger partial charge in [0.05, 0.1) is 0 Å². The summed E-state index contributed by atoms with van der Waals surface area (Å²) in [6.07, 6.45) is 4.40. The Morgan fingerprint density at radius 3 is 3.08 bits per heavy atom. The molecule has 0 saturated carbocycles. The average molecular weight is 169 g/mol. The third-order valence-electron chi connectivity index (χ3n) is 1.42. The minimum Gasteiger partial charge on any atom is -0.425 e. The first-order valence-corrected chi connectivity index (χ1v) is 4.05. The van der Waals surface area contributed by atoms with Crippen LogP contribution < -0.4 is 0 Å². The molecule has 0 saturated heterocycles. The van der Waals surface area contributed by atoms with E-state index in [0.29, 0.717) is 12.5 Å². The van der Waals surface area contributed by atoms with Crippen molar-refractivity contribution in [3.8, 4) is 0 Å². The Hall–Kier alpha value is -0.900. The van der Waals surface area contributed by atoms with Crippen LogP contribution in [0.2, 0.25) is 0 Å². The fourth-order valence-corrected chi connectivity index (χ4v) is 0.799. The van der Waals surface area contributed by atoms with Crippen LogP contribution in [-0.2, 0) is 11.3 Å². The number of hydrogen-bond donors (Lipinski definition) is 0. The van der Waals surface area contributed by atoms with Crippen molar-refractivity contribution in [3.63, 3.8) is 0 Å². The Bertz CT molecular complexity index is 187. The van der Waals surface area contributed by atoms with Gasteiger partial charge in [0, 0.05) is 6.61 Å². The van der Waals surface area contributed by atoms with Gasteiger partial charge >= 0.3 is 0 Å². The summed E-state index contributed by atoms with van der Waals surface area (Å²) in [4.78, 5) is 0. The molecule has 0 N–H and O–H groups in total. The maximum absolute atomic E-state index is 5.26. The zero-order valence-corrected chi connectivity index (χ0v) is 7.03. The van der Waals surface area contributed by atoms with Crippen LogP contribution in [0.15, 0.2) is 10.8 Å². The molecule has 0 aliphatic heterocycles. The van der Waals surface area contributed by atoms with Crippen LogP contribution in [-0.4, -0.2) is 16.8 Å². The van der Waals surface area contributed by atoms with E-state index in [0.717, 1.165) is 25.9 Å². The molecular weight excluding hydrogens is 156 g/mol. The summed E-state index contributed by atoms with van der Waals surface area (Å²) in [6, 6.07) is 0. The van der Waals surface area contributed by atoms with E-state index >= 15 is 0 Å². The largest absolute Gasteiger partial charge is 0.425 e. The summed E-state index contributed by atoms with van der Waals surface area (Å²) in [5.41, 5.74) is 0. The van der Waals surface area contributed by atoms with Gasteiger partial charge in [-0.25, -0.2) is 0 Å². The van der Waals surface area contributed by atoms with Crippen molar-refractivity contribution in [2.24, 2.45) is 0 Å². The normalized spacial score (nSPS) is 10.4. The lowest BCUT2D eigenvalue weighted by atomic mass is 10.3. The average Bonchev–Trinajstić information content (AvgIpc) is 2.57. The van der Waals surface area contributed by atoms with Crippen molar-refractivity contribution in [2.75, 3.05) is 6.61 Å². The second kappa shape index (κ2) is 5.71. The summed E-state index contributed by atoms with van der Waals surface area (Å²) < 4.78 is 10.1. The molecule has 12 heavy (non-hydrogen) atoms. The van der Waals surface area contributed by atoms with Crippen molar-refractivity contribution in [1.82, 2.24) is 10.2 Å². The maximum atomic E-state index is 5.26. The predicted octanol–water partition coefficient (Wildman–Crippen LogP) is 1.59. The summed E-state index contributed by atoms with van der Waals surface area (Å²) >= 11 is 0. The topological polar surface area (TPSA) is 48.2 Å². The van der Waals surface area contributed by atoms with Gasteiger partial charge in [0.25, 0.3) is 0 Å². The van der Waals surface area contributed by atoms with E-state index in [9.17, 15) is 0 Å². The van der Waals surface area contributed by atoms with E-state index in [4.69, 9.17) is 9.15 Å². The van der Waals surface area contributed by atoms with Crippen molar-refractivity contribution in [3.05, 3.63) is 19.2 Å². The Labute approximate surface area is 71.9 Å². The summed E-state index contributed by atoms with van der Waals surface area (Å²) in [5.74, 6) is 0.532. The first-order valence-electron chi connectivity index (χ1n) is 4.05. The number of aromatic nitrogens is 2. The monoisotopic (exact) mass is 169 g/mol. The molecule has 0 amide bonds. The molecule has 0 spiro atoms. The van der Waals surface area contributed by atoms with Crippen LogP contribution >= 0.6 is 0 Å². The minimum absolute atomic E-state index is 0.414. The van der Waals surface area contributed by atoms with Gasteiger partial charge in [-0.15, -0.1) is 10.2 Å². The highest BCUT2D eigenvalue weighted by Crippen LogP contribution is 1.98. The third kappa shape index (κ3) is 3.48. The molecule has 1 aromatic heterocycles. The van der Waals surface area contributed by atoms with Gasteiger partial charge in [0.2, 0.25) is 12.3 Å². The number of ether oxygens (including phenoxy) is 1. The molecule has 0 atom stereocenters. The van der Waals surface area contributed by atoms with Gasteiger partial charge in [-0.05, 0) is 6.42 Å². The van der Waals surface area contributed by atoms with Crippen LogP contribution in [0.3, 0.4) is 0 Å². The highest BCUT2D eigenvalue weighted by molar-refractivity contribution is 4.66. The highest BCUT2D eigenvalue weighted by atomic mass is 16.5.